The molecule has 0 atom stereocenters. The number of nitrogens with one attached hydrogen (secondary N) is 1. The molecule has 2 aromatic carbocycles. The molecule has 2 aromatic rings. The Balaban J connectivity index is 1.58. The number of carbonyl (C=O) groups is 1. The first-order valence-corrected chi connectivity index (χ1v) is 8.49. The number of anilines is 1. The highest BCUT2D eigenvalue weighted by Crippen LogP contribution is 2.25. The lowest BCUT2D eigenvalue weighted by Crippen LogP contribution is -2.42. The third kappa shape index (κ3) is 3.70. The average molecular weight is 347 g/mol. The molecule has 0 spiro atoms. The Morgan fingerprint density at radius 2 is 1.83 bits per heavy atom. The minimum absolute atomic E-state index is 0.0348. The maximum absolute atomic E-state index is 13.0. The highest BCUT2D eigenvalue weighted by atomic mass is 35.5. The van der Waals surface area contributed by atoms with Gasteiger partial charge in [0.15, 0.2) is 0 Å². The van der Waals surface area contributed by atoms with Crippen LogP contribution in [0.25, 0.3) is 0 Å². The minimum Gasteiger partial charge on any atom is -0.382 e. The molecule has 1 heterocycles. The summed E-state index contributed by atoms with van der Waals surface area (Å²) in [4.78, 5) is 14.3. The van der Waals surface area contributed by atoms with E-state index in [4.69, 9.17) is 11.6 Å². The van der Waals surface area contributed by atoms with Crippen molar-refractivity contribution in [1.82, 2.24) is 4.90 Å². The fraction of sp³-hybridized carbons (Fsp3) is 0.316. The molecule has 0 saturated carbocycles. The summed E-state index contributed by atoms with van der Waals surface area (Å²) in [6, 6.07) is 11.9. The van der Waals surface area contributed by atoms with Gasteiger partial charge in [0.25, 0.3) is 5.91 Å². The maximum atomic E-state index is 13.0. The van der Waals surface area contributed by atoms with Crippen LogP contribution in [0.1, 0.15) is 28.8 Å². The molecule has 0 unspecified atom stereocenters. The molecule has 24 heavy (non-hydrogen) atoms. The summed E-state index contributed by atoms with van der Waals surface area (Å²) in [5.41, 5.74) is 2.63. The Labute approximate surface area is 146 Å². The normalized spacial score (nSPS) is 15.4. The lowest BCUT2D eigenvalue weighted by Gasteiger charge is -2.33. The standard InChI is InChI=1S/C19H20ClFN2O/c1-13-17(20)3-2-4-18(13)22-16-9-11-23(12-10-16)19(24)14-5-7-15(21)8-6-14/h2-8,16,22H,9-12H2,1H3. The van der Waals surface area contributed by atoms with Crippen LogP contribution in [0.5, 0.6) is 0 Å². The van der Waals surface area contributed by atoms with Crippen molar-refractivity contribution in [2.75, 3.05) is 18.4 Å². The second-order valence-corrected chi connectivity index (χ2v) is 6.54. The van der Waals surface area contributed by atoms with Gasteiger partial charge in [0.2, 0.25) is 0 Å². The molecule has 0 bridgehead atoms. The predicted molar refractivity (Wildman–Crippen MR) is 95.1 cm³/mol. The zero-order valence-corrected chi connectivity index (χ0v) is 14.3. The van der Waals surface area contributed by atoms with Crippen LogP contribution in [0.15, 0.2) is 42.5 Å². The topological polar surface area (TPSA) is 32.3 Å². The van der Waals surface area contributed by atoms with Crippen molar-refractivity contribution in [3.8, 4) is 0 Å². The largest absolute Gasteiger partial charge is 0.382 e. The van der Waals surface area contributed by atoms with Crippen molar-refractivity contribution in [3.63, 3.8) is 0 Å². The molecule has 0 aliphatic carbocycles. The molecule has 1 aliphatic rings. The third-order valence-corrected chi connectivity index (χ3v) is 4.91. The van der Waals surface area contributed by atoms with E-state index in [-0.39, 0.29) is 11.7 Å². The van der Waals surface area contributed by atoms with E-state index in [1.165, 1.54) is 24.3 Å². The van der Waals surface area contributed by atoms with Gasteiger partial charge in [-0.3, -0.25) is 4.79 Å². The van der Waals surface area contributed by atoms with E-state index < -0.39 is 0 Å². The van der Waals surface area contributed by atoms with Crippen LogP contribution in [0.3, 0.4) is 0 Å². The van der Waals surface area contributed by atoms with Gasteiger partial charge in [-0.1, -0.05) is 17.7 Å². The van der Waals surface area contributed by atoms with Gasteiger partial charge in [0.1, 0.15) is 5.82 Å². The fourth-order valence-electron chi connectivity index (χ4n) is 2.99. The average Bonchev–Trinajstić information content (AvgIpc) is 2.60. The fourth-order valence-corrected chi connectivity index (χ4v) is 3.16. The molecular weight excluding hydrogens is 327 g/mol. The summed E-state index contributed by atoms with van der Waals surface area (Å²) in [7, 11) is 0. The summed E-state index contributed by atoms with van der Waals surface area (Å²) >= 11 is 6.16. The van der Waals surface area contributed by atoms with Gasteiger partial charge in [-0.25, -0.2) is 4.39 Å². The molecule has 1 saturated heterocycles. The Bertz CT molecular complexity index is 725. The van der Waals surface area contributed by atoms with Gasteiger partial charge in [-0.2, -0.15) is 0 Å². The number of halogens is 2. The Kier molecular flexibility index (Phi) is 5.05. The third-order valence-electron chi connectivity index (χ3n) is 4.50. The summed E-state index contributed by atoms with van der Waals surface area (Å²) in [5, 5.41) is 4.28. The van der Waals surface area contributed by atoms with E-state index in [0.717, 1.165) is 29.1 Å². The molecular formula is C19H20ClFN2O. The first-order valence-electron chi connectivity index (χ1n) is 8.11. The molecule has 1 fully saturated rings. The highest BCUT2D eigenvalue weighted by Gasteiger charge is 2.24. The lowest BCUT2D eigenvalue weighted by molar-refractivity contribution is 0.0718. The zero-order chi connectivity index (χ0) is 17.1. The van der Waals surface area contributed by atoms with Crippen molar-refractivity contribution in [3.05, 3.63) is 64.4 Å². The van der Waals surface area contributed by atoms with Gasteiger partial charge in [0, 0.05) is 35.4 Å². The molecule has 3 nitrogen and oxygen atoms in total. The summed E-state index contributed by atoms with van der Waals surface area (Å²) in [6.07, 6.45) is 1.75. The summed E-state index contributed by atoms with van der Waals surface area (Å²) in [5.74, 6) is -0.362. The molecule has 5 heteroatoms. The zero-order valence-electron chi connectivity index (χ0n) is 13.6. The van der Waals surface area contributed by atoms with Crippen molar-refractivity contribution < 1.29 is 9.18 Å². The lowest BCUT2D eigenvalue weighted by atomic mass is 10.0. The minimum atomic E-state index is -0.327. The number of carbonyl (C=O) groups excluding carboxylic acids is 1. The molecule has 1 N–H and O–H groups in total. The first kappa shape index (κ1) is 16.8. The van der Waals surface area contributed by atoms with Gasteiger partial charge in [-0.15, -0.1) is 0 Å². The van der Waals surface area contributed by atoms with Gasteiger partial charge in [-0.05, 0) is 61.7 Å². The first-order chi connectivity index (χ1) is 11.5. The van der Waals surface area contributed by atoms with Crippen molar-refractivity contribution in [2.24, 2.45) is 0 Å². The number of likely N-dealkylation sites (tertiary alicyclic amines) is 1. The summed E-state index contributed by atoms with van der Waals surface area (Å²) < 4.78 is 13.0. The van der Waals surface area contributed by atoms with E-state index in [9.17, 15) is 9.18 Å². The van der Waals surface area contributed by atoms with Crippen LogP contribution in [0.4, 0.5) is 10.1 Å². The van der Waals surface area contributed by atoms with Crippen LogP contribution in [0, 0.1) is 12.7 Å². The van der Waals surface area contributed by atoms with Crippen LogP contribution < -0.4 is 5.32 Å². The quantitative estimate of drug-likeness (QED) is 0.887. The van der Waals surface area contributed by atoms with Crippen LogP contribution in [-0.2, 0) is 0 Å². The second-order valence-electron chi connectivity index (χ2n) is 6.13. The van der Waals surface area contributed by atoms with E-state index in [1.807, 2.05) is 30.0 Å². The van der Waals surface area contributed by atoms with E-state index in [2.05, 4.69) is 5.32 Å². The molecule has 0 aromatic heterocycles. The molecule has 3 rings (SSSR count). The van der Waals surface area contributed by atoms with Gasteiger partial charge >= 0.3 is 0 Å². The highest BCUT2D eigenvalue weighted by molar-refractivity contribution is 6.31. The van der Waals surface area contributed by atoms with Crippen LogP contribution >= 0.6 is 11.6 Å². The molecule has 126 valence electrons. The second kappa shape index (κ2) is 7.22. The van der Waals surface area contributed by atoms with Gasteiger partial charge in [0.05, 0.1) is 0 Å². The predicted octanol–water partition coefficient (Wildman–Crippen LogP) is 4.50. The molecule has 1 amide bonds. The van der Waals surface area contributed by atoms with E-state index in [0.29, 0.717) is 24.7 Å². The number of amides is 1. The Hall–Kier alpha value is -2.07. The van der Waals surface area contributed by atoms with Crippen molar-refractivity contribution in [1.29, 1.82) is 0 Å². The van der Waals surface area contributed by atoms with Crippen LogP contribution in [-0.4, -0.2) is 29.9 Å². The number of benzene rings is 2. The molecule has 1 aliphatic heterocycles. The number of piperidine rings is 1. The van der Waals surface area contributed by atoms with Crippen LogP contribution in [0.2, 0.25) is 5.02 Å². The monoisotopic (exact) mass is 346 g/mol. The van der Waals surface area contributed by atoms with Crippen molar-refractivity contribution in [2.45, 2.75) is 25.8 Å². The Morgan fingerprint density at radius 3 is 2.50 bits per heavy atom. The van der Waals surface area contributed by atoms with Gasteiger partial charge < -0.3 is 10.2 Å². The van der Waals surface area contributed by atoms with E-state index >= 15 is 0 Å². The maximum Gasteiger partial charge on any atom is 0.253 e. The molecule has 0 radical (unpaired) electrons. The van der Waals surface area contributed by atoms with Crippen molar-refractivity contribution >= 4 is 23.2 Å². The number of hydrogen-bond acceptors (Lipinski definition) is 2. The number of hydrogen-bond donors (Lipinski definition) is 1. The Morgan fingerprint density at radius 1 is 1.17 bits per heavy atom. The summed E-state index contributed by atoms with van der Waals surface area (Å²) in [6.45, 7) is 3.37. The smallest absolute Gasteiger partial charge is 0.253 e. The SMILES string of the molecule is Cc1c(Cl)cccc1NC1CCN(C(=O)c2ccc(F)cc2)CC1. The van der Waals surface area contributed by atoms with E-state index in [1.54, 1.807) is 0 Å². The number of nitrogens with zero attached hydrogens (tertiary/aromatic N) is 1. The number of rotatable bonds is 3.